The van der Waals surface area contributed by atoms with Crippen molar-refractivity contribution in [3.63, 3.8) is 0 Å². The Morgan fingerprint density at radius 3 is 2.48 bits per heavy atom. The van der Waals surface area contributed by atoms with Crippen LogP contribution >= 0.6 is 0 Å². The molecule has 3 saturated carbocycles. The Morgan fingerprint density at radius 1 is 1.07 bits per heavy atom. The second-order valence-electron chi connectivity index (χ2n) is 9.20. The Hall–Kier alpha value is -1.51. The minimum Gasteiger partial charge on any atom is -0.388 e. The maximum Gasteiger partial charge on any atom is 0.246 e. The molecule has 0 radical (unpaired) electrons. The molecule has 27 heavy (non-hydrogen) atoms. The van der Waals surface area contributed by atoms with E-state index in [1.807, 2.05) is 0 Å². The Kier molecular flexibility index (Phi) is 6.49. The highest BCUT2D eigenvalue weighted by Gasteiger charge is 2.56. The Morgan fingerprint density at radius 2 is 1.81 bits per heavy atom. The van der Waals surface area contributed by atoms with Crippen molar-refractivity contribution in [2.45, 2.75) is 59.3 Å². The third-order valence-electron chi connectivity index (χ3n) is 7.58. The van der Waals surface area contributed by atoms with Crippen LogP contribution in [0.1, 0.15) is 59.3 Å². The number of allylic oxidation sites excluding steroid dienone is 2. The van der Waals surface area contributed by atoms with Gasteiger partial charge in [0.2, 0.25) is 5.91 Å². The third-order valence-corrected chi connectivity index (χ3v) is 7.58. The number of hydrogen-bond donors (Lipinski definition) is 2. The lowest BCUT2D eigenvalue weighted by atomic mass is 9.73. The van der Waals surface area contributed by atoms with E-state index in [0.29, 0.717) is 11.5 Å². The molecule has 0 saturated heterocycles. The summed E-state index contributed by atoms with van der Waals surface area (Å²) in [7, 11) is 0. The molecule has 2 bridgehead atoms. The van der Waals surface area contributed by atoms with Crippen molar-refractivity contribution < 1.29 is 4.79 Å². The van der Waals surface area contributed by atoms with Crippen molar-refractivity contribution in [2.24, 2.45) is 35.5 Å². The quantitative estimate of drug-likeness (QED) is 0.451. The number of fused-ring (bicyclic) bond motifs is 5. The molecule has 0 aromatic carbocycles. The van der Waals surface area contributed by atoms with Crippen molar-refractivity contribution in [3.8, 4) is 0 Å². The normalized spacial score (nSPS) is 34.4. The van der Waals surface area contributed by atoms with Gasteiger partial charge >= 0.3 is 0 Å². The van der Waals surface area contributed by atoms with Gasteiger partial charge in [-0.2, -0.15) is 0 Å². The fourth-order valence-electron chi connectivity index (χ4n) is 6.19. The predicted molar refractivity (Wildman–Crippen MR) is 113 cm³/mol. The van der Waals surface area contributed by atoms with E-state index in [9.17, 15) is 4.79 Å². The topological polar surface area (TPSA) is 41.1 Å². The number of carbonyl (C=O) groups excluding carboxylic acids is 1. The standard InChI is InChI=1S/C24H38N2O/c1-6-16(5)10-20(7-2)25-13-17-8-9-21-22-12-18(23(17)21)11-19(22)14-26-24(27)15(3)4/h7,17-19,21-23,25H,3,5-6,8-14H2,1-2,4H3,(H,26,27)/b20-7-. The number of amides is 1. The summed E-state index contributed by atoms with van der Waals surface area (Å²) >= 11 is 0. The molecule has 0 aromatic heterocycles. The molecule has 3 rings (SSSR count). The van der Waals surface area contributed by atoms with Crippen LogP contribution in [-0.4, -0.2) is 19.0 Å². The molecule has 3 aliphatic carbocycles. The van der Waals surface area contributed by atoms with E-state index in [1.165, 1.54) is 37.0 Å². The highest BCUT2D eigenvalue weighted by molar-refractivity contribution is 5.92. The van der Waals surface area contributed by atoms with Crippen LogP contribution in [0.4, 0.5) is 0 Å². The summed E-state index contributed by atoms with van der Waals surface area (Å²) in [4.78, 5) is 11.8. The van der Waals surface area contributed by atoms with Crippen LogP contribution in [0.5, 0.6) is 0 Å². The fraction of sp³-hybridized carbons (Fsp3) is 0.708. The highest BCUT2D eigenvalue weighted by atomic mass is 16.1. The van der Waals surface area contributed by atoms with E-state index >= 15 is 0 Å². The second-order valence-corrected chi connectivity index (χ2v) is 9.20. The van der Waals surface area contributed by atoms with Crippen LogP contribution in [0.3, 0.4) is 0 Å². The van der Waals surface area contributed by atoms with Gasteiger partial charge in [-0.1, -0.05) is 31.7 Å². The van der Waals surface area contributed by atoms with Crippen molar-refractivity contribution >= 4 is 5.91 Å². The summed E-state index contributed by atoms with van der Waals surface area (Å²) in [5.41, 5.74) is 3.27. The van der Waals surface area contributed by atoms with Crippen LogP contribution in [0.15, 0.2) is 36.1 Å². The van der Waals surface area contributed by atoms with Gasteiger partial charge in [0.1, 0.15) is 0 Å². The smallest absolute Gasteiger partial charge is 0.246 e. The summed E-state index contributed by atoms with van der Waals surface area (Å²) in [6.07, 6.45) is 9.71. The van der Waals surface area contributed by atoms with Crippen LogP contribution in [0, 0.1) is 35.5 Å². The SMILES string of the molecule is C=C(CC)C/C(=C/C)NCC1CCC2C3CC(CC3CNC(=O)C(=C)C)C12. The molecular formula is C24H38N2O. The average Bonchev–Trinajstić information content (AvgIpc) is 3.34. The molecule has 3 aliphatic rings. The first-order valence-corrected chi connectivity index (χ1v) is 10.9. The second kappa shape index (κ2) is 8.67. The average molecular weight is 371 g/mol. The molecule has 3 fully saturated rings. The molecular weight excluding hydrogens is 332 g/mol. The Bertz CT molecular complexity index is 620. The first-order valence-electron chi connectivity index (χ1n) is 10.9. The minimum atomic E-state index is 0.0235. The maximum atomic E-state index is 11.8. The van der Waals surface area contributed by atoms with Crippen LogP contribution in [-0.2, 0) is 4.79 Å². The van der Waals surface area contributed by atoms with Crippen LogP contribution in [0.2, 0.25) is 0 Å². The number of hydrogen-bond acceptors (Lipinski definition) is 2. The Balaban J connectivity index is 1.50. The van der Waals surface area contributed by atoms with Crippen molar-refractivity contribution in [3.05, 3.63) is 36.1 Å². The first-order chi connectivity index (χ1) is 12.9. The van der Waals surface area contributed by atoms with Crippen LogP contribution in [0.25, 0.3) is 0 Å². The van der Waals surface area contributed by atoms with E-state index in [4.69, 9.17) is 0 Å². The van der Waals surface area contributed by atoms with Gasteiger partial charge in [-0.15, -0.1) is 0 Å². The minimum absolute atomic E-state index is 0.0235. The zero-order valence-electron chi connectivity index (χ0n) is 17.5. The molecule has 3 heteroatoms. The number of carbonyl (C=O) groups is 1. The van der Waals surface area contributed by atoms with Gasteiger partial charge in [0.05, 0.1) is 0 Å². The molecule has 3 nitrogen and oxygen atoms in total. The first kappa shape index (κ1) is 20.2. The summed E-state index contributed by atoms with van der Waals surface area (Å²) in [5, 5.41) is 6.85. The van der Waals surface area contributed by atoms with Gasteiger partial charge in [-0.05, 0) is 81.5 Å². The lowest BCUT2D eigenvalue weighted by Gasteiger charge is -2.34. The molecule has 0 heterocycles. The lowest BCUT2D eigenvalue weighted by molar-refractivity contribution is -0.117. The zero-order valence-corrected chi connectivity index (χ0v) is 17.5. The molecule has 2 N–H and O–H groups in total. The largest absolute Gasteiger partial charge is 0.388 e. The number of rotatable bonds is 9. The van der Waals surface area contributed by atoms with E-state index < -0.39 is 0 Å². The van der Waals surface area contributed by atoms with Gasteiger partial charge in [0, 0.05) is 30.8 Å². The van der Waals surface area contributed by atoms with E-state index in [2.05, 4.69) is 43.7 Å². The third kappa shape index (κ3) is 4.33. The maximum absolute atomic E-state index is 11.8. The predicted octanol–water partition coefficient (Wildman–Crippen LogP) is 4.83. The summed E-state index contributed by atoms with van der Waals surface area (Å²) in [6, 6.07) is 0. The molecule has 0 aliphatic heterocycles. The van der Waals surface area contributed by atoms with Crippen molar-refractivity contribution in [1.29, 1.82) is 0 Å². The lowest BCUT2D eigenvalue weighted by Crippen LogP contribution is -2.37. The van der Waals surface area contributed by atoms with Gasteiger partial charge in [0.15, 0.2) is 0 Å². The molecule has 1 amide bonds. The van der Waals surface area contributed by atoms with Gasteiger partial charge < -0.3 is 10.6 Å². The van der Waals surface area contributed by atoms with E-state index in [1.54, 1.807) is 6.92 Å². The number of nitrogens with one attached hydrogen (secondary N) is 2. The monoisotopic (exact) mass is 370 g/mol. The summed E-state index contributed by atoms with van der Waals surface area (Å²) in [6.45, 7) is 16.0. The molecule has 6 unspecified atom stereocenters. The molecule has 0 aromatic rings. The zero-order chi connectivity index (χ0) is 19.6. The summed E-state index contributed by atoms with van der Waals surface area (Å²) < 4.78 is 0. The van der Waals surface area contributed by atoms with Crippen molar-refractivity contribution in [2.75, 3.05) is 13.1 Å². The van der Waals surface area contributed by atoms with Gasteiger partial charge in [0.25, 0.3) is 0 Å². The van der Waals surface area contributed by atoms with Gasteiger partial charge in [-0.25, -0.2) is 0 Å². The Labute approximate surface area is 165 Å². The highest BCUT2D eigenvalue weighted by Crippen LogP contribution is 2.62. The fourth-order valence-corrected chi connectivity index (χ4v) is 6.19. The van der Waals surface area contributed by atoms with Gasteiger partial charge in [-0.3, -0.25) is 4.79 Å². The molecule has 150 valence electrons. The summed E-state index contributed by atoms with van der Waals surface area (Å²) in [5.74, 6) is 5.03. The van der Waals surface area contributed by atoms with Crippen molar-refractivity contribution in [1.82, 2.24) is 10.6 Å². The van der Waals surface area contributed by atoms with E-state index in [0.717, 1.165) is 55.5 Å². The molecule has 6 atom stereocenters. The van der Waals surface area contributed by atoms with Crippen LogP contribution < -0.4 is 10.6 Å². The van der Waals surface area contributed by atoms with E-state index in [-0.39, 0.29) is 5.91 Å². The molecule has 0 spiro atoms.